The van der Waals surface area contributed by atoms with Crippen LogP contribution in [0.2, 0.25) is 0 Å². The molecule has 0 amide bonds. The highest BCUT2D eigenvalue weighted by molar-refractivity contribution is 7.18. The molecule has 140 valence electrons. The number of methoxy groups -OCH3 is 1. The number of ether oxygens (including phenoxy) is 1. The third-order valence-electron chi connectivity index (χ3n) is 5.53. The van der Waals surface area contributed by atoms with Gasteiger partial charge in [-0.3, -0.25) is 4.79 Å². The number of pyridine rings is 1. The van der Waals surface area contributed by atoms with Crippen LogP contribution in [0.1, 0.15) is 52.1 Å². The first-order valence-corrected chi connectivity index (χ1v) is 10.1. The Morgan fingerprint density at radius 2 is 2.04 bits per heavy atom. The predicted octanol–water partition coefficient (Wildman–Crippen LogP) is 4.88. The Morgan fingerprint density at radius 1 is 1.30 bits per heavy atom. The molecule has 27 heavy (non-hydrogen) atoms. The van der Waals surface area contributed by atoms with E-state index in [0.717, 1.165) is 45.8 Å². The fourth-order valence-corrected chi connectivity index (χ4v) is 5.51. The molecular formula is C22H23NO3S. The number of benzene rings is 1. The molecule has 0 saturated heterocycles. The first-order valence-electron chi connectivity index (χ1n) is 9.29. The van der Waals surface area contributed by atoms with E-state index in [9.17, 15) is 9.90 Å². The van der Waals surface area contributed by atoms with Gasteiger partial charge in [0.15, 0.2) is 0 Å². The molecule has 3 aromatic rings. The maximum absolute atomic E-state index is 11.8. The topological polar surface area (TPSA) is 59.4 Å². The molecule has 1 aliphatic rings. The second kappa shape index (κ2) is 6.97. The average Bonchev–Trinajstić information content (AvgIpc) is 3.22. The molecule has 4 nitrogen and oxygen atoms in total. The molecule has 0 fully saturated rings. The third-order valence-corrected chi connectivity index (χ3v) is 6.72. The molecule has 0 saturated carbocycles. The zero-order chi connectivity index (χ0) is 19.1. The van der Waals surface area contributed by atoms with Gasteiger partial charge in [0, 0.05) is 16.0 Å². The third kappa shape index (κ3) is 3.10. The van der Waals surface area contributed by atoms with Crippen molar-refractivity contribution in [3.63, 3.8) is 0 Å². The van der Waals surface area contributed by atoms with Crippen molar-refractivity contribution in [3.05, 3.63) is 57.1 Å². The van der Waals surface area contributed by atoms with Crippen molar-refractivity contribution < 1.29 is 14.6 Å². The molecule has 1 aromatic carbocycles. The lowest BCUT2D eigenvalue weighted by atomic mass is 9.88. The van der Waals surface area contributed by atoms with E-state index < -0.39 is 11.9 Å². The van der Waals surface area contributed by atoms with Gasteiger partial charge in [0.2, 0.25) is 0 Å². The average molecular weight is 381 g/mol. The van der Waals surface area contributed by atoms with Crippen LogP contribution in [-0.2, 0) is 24.1 Å². The van der Waals surface area contributed by atoms with Gasteiger partial charge in [-0.2, -0.15) is 0 Å². The number of nitrogens with zero attached hydrogens (tertiary/aromatic N) is 1. The van der Waals surface area contributed by atoms with Gasteiger partial charge >= 0.3 is 5.97 Å². The van der Waals surface area contributed by atoms with Crippen molar-refractivity contribution >= 4 is 27.5 Å². The van der Waals surface area contributed by atoms with Gasteiger partial charge in [-0.25, -0.2) is 4.98 Å². The summed E-state index contributed by atoms with van der Waals surface area (Å²) >= 11 is 1.78. The number of rotatable bonds is 5. The molecule has 4 rings (SSSR count). The molecule has 1 N–H and O–H groups in total. The maximum Gasteiger partial charge on any atom is 0.310 e. The lowest BCUT2D eigenvalue weighted by Crippen LogP contribution is -2.13. The molecule has 0 radical (unpaired) electrons. The summed E-state index contributed by atoms with van der Waals surface area (Å²) in [4.78, 5) is 19.1. The summed E-state index contributed by atoms with van der Waals surface area (Å²) in [7, 11) is 1.66. The Kier molecular flexibility index (Phi) is 4.64. The van der Waals surface area contributed by atoms with E-state index in [-0.39, 0.29) is 0 Å². The zero-order valence-electron chi connectivity index (χ0n) is 15.8. The zero-order valence-corrected chi connectivity index (χ0v) is 16.7. The smallest absolute Gasteiger partial charge is 0.310 e. The molecule has 1 atom stereocenters. The minimum atomic E-state index is -0.804. The van der Waals surface area contributed by atoms with Gasteiger partial charge < -0.3 is 9.84 Å². The SMILES string of the molecule is COc1ccc(Cc2c(C(C)C(=O)O)c(C)nc3sc4c(c23)CCC4)cc1. The van der Waals surface area contributed by atoms with Crippen LogP contribution in [0.25, 0.3) is 10.2 Å². The van der Waals surface area contributed by atoms with E-state index in [1.165, 1.54) is 22.2 Å². The molecule has 0 bridgehead atoms. The number of hydrogen-bond donors (Lipinski definition) is 1. The van der Waals surface area contributed by atoms with Crippen LogP contribution in [0.15, 0.2) is 24.3 Å². The molecule has 0 spiro atoms. The molecule has 0 aliphatic heterocycles. The molecule has 1 aliphatic carbocycles. The monoisotopic (exact) mass is 381 g/mol. The largest absolute Gasteiger partial charge is 0.497 e. The standard InChI is InChI=1S/C22H23NO3S/c1-12(22(24)25)19-13(2)23-21-20(16-5-4-6-18(16)27-21)17(19)11-14-7-9-15(26-3)10-8-14/h7-10,12H,4-6,11H2,1-3H3,(H,24,25). The normalized spacial score (nSPS) is 14.3. The van der Waals surface area contributed by atoms with E-state index in [0.29, 0.717) is 6.42 Å². The number of aryl methyl sites for hydroxylation is 3. The first kappa shape index (κ1) is 18.0. The Morgan fingerprint density at radius 3 is 2.70 bits per heavy atom. The Hall–Kier alpha value is -2.40. The Bertz CT molecular complexity index is 1020. The highest BCUT2D eigenvalue weighted by atomic mass is 32.1. The van der Waals surface area contributed by atoms with Crippen molar-refractivity contribution in [2.24, 2.45) is 0 Å². The van der Waals surface area contributed by atoms with Gasteiger partial charge in [-0.1, -0.05) is 12.1 Å². The van der Waals surface area contributed by atoms with Gasteiger partial charge in [-0.05, 0) is 73.9 Å². The summed E-state index contributed by atoms with van der Waals surface area (Å²) in [6.45, 7) is 3.71. The van der Waals surface area contributed by atoms with Crippen molar-refractivity contribution in [2.45, 2.75) is 45.4 Å². The summed E-state index contributed by atoms with van der Waals surface area (Å²) in [6, 6.07) is 8.03. The number of thiophene rings is 1. The summed E-state index contributed by atoms with van der Waals surface area (Å²) in [5.74, 6) is -0.556. The quantitative estimate of drug-likeness (QED) is 0.684. The Balaban J connectivity index is 1.93. The highest BCUT2D eigenvalue weighted by Gasteiger charge is 2.27. The highest BCUT2D eigenvalue weighted by Crippen LogP contribution is 2.42. The lowest BCUT2D eigenvalue weighted by Gasteiger charge is -2.18. The van der Waals surface area contributed by atoms with Crippen LogP contribution in [0.5, 0.6) is 5.75 Å². The second-order valence-corrected chi connectivity index (χ2v) is 8.30. The van der Waals surface area contributed by atoms with Gasteiger partial charge in [-0.15, -0.1) is 11.3 Å². The van der Waals surface area contributed by atoms with E-state index in [4.69, 9.17) is 9.72 Å². The molecular weight excluding hydrogens is 358 g/mol. The molecule has 2 aromatic heterocycles. The van der Waals surface area contributed by atoms with Crippen molar-refractivity contribution in [3.8, 4) is 5.75 Å². The summed E-state index contributed by atoms with van der Waals surface area (Å²) in [5, 5.41) is 10.9. The molecule has 2 heterocycles. The lowest BCUT2D eigenvalue weighted by molar-refractivity contribution is -0.138. The van der Waals surface area contributed by atoms with Gasteiger partial charge in [0.1, 0.15) is 10.6 Å². The van der Waals surface area contributed by atoms with E-state index >= 15 is 0 Å². The van der Waals surface area contributed by atoms with Crippen LogP contribution < -0.4 is 4.74 Å². The fourth-order valence-electron chi connectivity index (χ4n) is 4.17. The van der Waals surface area contributed by atoms with Gasteiger partial charge in [0.05, 0.1) is 13.0 Å². The Labute approximate surface area is 162 Å². The predicted molar refractivity (Wildman–Crippen MR) is 108 cm³/mol. The number of aliphatic carboxylic acids is 1. The van der Waals surface area contributed by atoms with Crippen molar-refractivity contribution in [2.75, 3.05) is 7.11 Å². The molecule has 5 heteroatoms. The van der Waals surface area contributed by atoms with Gasteiger partial charge in [0.25, 0.3) is 0 Å². The summed E-state index contributed by atoms with van der Waals surface area (Å²) in [5.41, 5.74) is 5.39. The fraction of sp³-hybridized carbons (Fsp3) is 0.364. The summed E-state index contributed by atoms with van der Waals surface area (Å²) in [6.07, 6.45) is 4.06. The first-order chi connectivity index (χ1) is 13.0. The second-order valence-electron chi connectivity index (χ2n) is 7.21. The number of carboxylic acids is 1. The van der Waals surface area contributed by atoms with Crippen LogP contribution in [0.4, 0.5) is 0 Å². The van der Waals surface area contributed by atoms with Crippen LogP contribution in [-0.4, -0.2) is 23.2 Å². The van der Waals surface area contributed by atoms with E-state index in [1.54, 1.807) is 25.4 Å². The van der Waals surface area contributed by atoms with E-state index in [1.807, 2.05) is 19.1 Å². The minimum Gasteiger partial charge on any atom is -0.497 e. The van der Waals surface area contributed by atoms with Crippen LogP contribution >= 0.6 is 11.3 Å². The van der Waals surface area contributed by atoms with Crippen LogP contribution in [0, 0.1) is 6.92 Å². The number of fused-ring (bicyclic) bond motifs is 3. The van der Waals surface area contributed by atoms with Crippen molar-refractivity contribution in [1.82, 2.24) is 4.98 Å². The van der Waals surface area contributed by atoms with Crippen molar-refractivity contribution in [1.29, 1.82) is 0 Å². The number of aromatic nitrogens is 1. The number of hydrogen-bond acceptors (Lipinski definition) is 4. The molecule has 1 unspecified atom stereocenters. The van der Waals surface area contributed by atoms with Crippen LogP contribution in [0.3, 0.4) is 0 Å². The number of carbonyl (C=O) groups is 1. The number of carboxylic acid groups (broad SMARTS) is 1. The van der Waals surface area contributed by atoms with E-state index in [2.05, 4.69) is 12.1 Å². The maximum atomic E-state index is 11.8. The minimum absolute atomic E-state index is 0.577. The summed E-state index contributed by atoms with van der Waals surface area (Å²) < 4.78 is 5.26.